The van der Waals surface area contributed by atoms with Crippen molar-refractivity contribution in [2.45, 2.75) is 6.42 Å². The molecule has 0 atom stereocenters. The molecule has 4 aromatic rings. The highest BCUT2D eigenvalue weighted by atomic mass is 16.5. The van der Waals surface area contributed by atoms with Crippen LogP contribution in [-0.4, -0.2) is 65.4 Å². The van der Waals surface area contributed by atoms with E-state index < -0.39 is 0 Å². The molecule has 1 aliphatic heterocycles. The SMILES string of the molecule is COCCCNC(=O)c1cc(NC(=O)c2ccc3ccccc3c2)ccc1N1CCN(c2ccccc2OC)CC1. The number of carbonyl (C=O) groups is 2. The first-order valence-electron chi connectivity index (χ1n) is 13.9. The Morgan fingerprint density at radius 1 is 0.756 bits per heavy atom. The van der Waals surface area contributed by atoms with Gasteiger partial charge < -0.3 is 29.9 Å². The molecule has 212 valence electrons. The molecule has 2 N–H and O–H groups in total. The van der Waals surface area contributed by atoms with Crippen LogP contribution in [0.1, 0.15) is 27.1 Å². The number of fused-ring (bicyclic) bond motifs is 1. The first-order chi connectivity index (χ1) is 20.1. The molecule has 1 aliphatic rings. The molecule has 2 amide bonds. The van der Waals surface area contributed by atoms with E-state index in [-0.39, 0.29) is 11.8 Å². The summed E-state index contributed by atoms with van der Waals surface area (Å²) in [7, 11) is 3.33. The van der Waals surface area contributed by atoms with E-state index in [1.807, 2.05) is 72.8 Å². The van der Waals surface area contributed by atoms with Crippen LogP contribution < -0.4 is 25.2 Å². The van der Waals surface area contributed by atoms with Crippen LogP contribution >= 0.6 is 0 Å². The normalized spacial score (nSPS) is 13.2. The van der Waals surface area contributed by atoms with Crippen molar-refractivity contribution in [1.29, 1.82) is 0 Å². The highest BCUT2D eigenvalue weighted by Gasteiger charge is 2.24. The van der Waals surface area contributed by atoms with Gasteiger partial charge in [0, 0.05) is 63.4 Å². The number of nitrogens with one attached hydrogen (secondary N) is 2. The number of rotatable bonds is 10. The monoisotopic (exact) mass is 552 g/mol. The summed E-state index contributed by atoms with van der Waals surface area (Å²) >= 11 is 0. The predicted octanol–water partition coefficient (Wildman–Crippen LogP) is 5.19. The molecule has 1 fully saturated rings. The fourth-order valence-corrected chi connectivity index (χ4v) is 5.20. The van der Waals surface area contributed by atoms with Crippen molar-refractivity contribution in [3.8, 4) is 5.75 Å². The Bertz CT molecular complexity index is 1510. The molecule has 5 rings (SSSR count). The summed E-state index contributed by atoms with van der Waals surface area (Å²) in [5, 5.41) is 8.07. The lowest BCUT2D eigenvalue weighted by Gasteiger charge is -2.38. The Kier molecular flexibility index (Phi) is 9.01. The Hall–Kier alpha value is -4.56. The summed E-state index contributed by atoms with van der Waals surface area (Å²) in [5.41, 5.74) is 3.58. The molecule has 1 saturated heterocycles. The minimum atomic E-state index is -0.222. The van der Waals surface area contributed by atoms with Gasteiger partial charge in [0.2, 0.25) is 0 Å². The molecule has 0 spiro atoms. The minimum Gasteiger partial charge on any atom is -0.495 e. The Labute approximate surface area is 240 Å². The summed E-state index contributed by atoms with van der Waals surface area (Å²) in [4.78, 5) is 31.0. The number of nitrogens with zero attached hydrogens (tertiary/aromatic N) is 2. The molecular weight excluding hydrogens is 516 g/mol. The summed E-state index contributed by atoms with van der Waals surface area (Å²) in [5.74, 6) is 0.453. The van der Waals surface area contributed by atoms with Crippen molar-refractivity contribution in [3.05, 3.63) is 96.1 Å². The van der Waals surface area contributed by atoms with Gasteiger partial charge in [-0.15, -0.1) is 0 Å². The summed E-state index contributed by atoms with van der Waals surface area (Å²) < 4.78 is 10.7. The Balaban J connectivity index is 1.35. The van der Waals surface area contributed by atoms with E-state index in [9.17, 15) is 9.59 Å². The van der Waals surface area contributed by atoms with Crippen molar-refractivity contribution < 1.29 is 19.1 Å². The van der Waals surface area contributed by atoms with E-state index in [1.54, 1.807) is 20.3 Å². The number of ether oxygens (including phenoxy) is 2. The molecule has 1 heterocycles. The standard InChI is InChI=1S/C33H36N4O4/c1-40-21-7-16-34-33(39)28-23-27(35-32(38)26-13-12-24-8-3-4-9-25(24)22-26)14-15-29(28)36-17-19-37(20-18-36)30-10-5-6-11-31(30)41-2/h3-6,8-15,22-23H,7,16-21H2,1-2H3,(H,34,39)(H,35,38). The first-order valence-corrected chi connectivity index (χ1v) is 13.9. The van der Waals surface area contributed by atoms with Crippen LogP contribution in [0.4, 0.5) is 17.1 Å². The van der Waals surface area contributed by atoms with E-state index in [1.165, 1.54) is 0 Å². The second-order valence-electron chi connectivity index (χ2n) is 10.00. The third-order valence-electron chi connectivity index (χ3n) is 7.37. The highest BCUT2D eigenvalue weighted by Crippen LogP contribution is 2.31. The maximum Gasteiger partial charge on any atom is 0.255 e. The lowest BCUT2D eigenvalue weighted by Crippen LogP contribution is -2.47. The Morgan fingerprint density at radius 2 is 1.46 bits per heavy atom. The van der Waals surface area contributed by atoms with E-state index in [2.05, 4.69) is 26.5 Å². The van der Waals surface area contributed by atoms with Gasteiger partial charge >= 0.3 is 0 Å². The topological polar surface area (TPSA) is 83.1 Å². The summed E-state index contributed by atoms with van der Waals surface area (Å²) in [6.45, 7) is 4.13. The fraction of sp³-hybridized carbons (Fsp3) is 0.273. The van der Waals surface area contributed by atoms with E-state index >= 15 is 0 Å². The highest BCUT2D eigenvalue weighted by molar-refractivity contribution is 6.08. The third kappa shape index (κ3) is 6.61. The van der Waals surface area contributed by atoms with Gasteiger partial charge in [-0.3, -0.25) is 9.59 Å². The van der Waals surface area contributed by atoms with Crippen molar-refractivity contribution in [3.63, 3.8) is 0 Å². The Morgan fingerprint density at radius 3 is 2.22 bits per heavy atom. The quantitative estimate of drug-likeness (QED) is 0.264. The number of carbonyl (C=O) groups excluding carboxylic acids is 2. The number of hydrogen-bond acceptors (Lipinski definition) is 6. The van der Waals surface area contributed by atoms with Gasteiger partial charge in [0.25, 0.3) is 11.8 Å². The molecule has 0 aliphatic carbocycles. The van der Waals surface area contributed by atoms with Crippen molar-refractivity contribution in [1.82, 2.24) is 5.32 Å². The average Bonchev–Trinajstić information content (AvgIpc) is 3.02. The van der Waals surface area contributed by atoms with Crippen LogP contribution in [0.3, 0.4) is 0 Å². The van der Waals surface area contributed by atoms with Crippen molar-refractivity contribution in [2.75, 3.05) is 68.7 Å². The number of anilines is 3. The van der Waals surface area contributed by atoms with Crippen LogP contribution in [0.2, 0.25) is 0 Å². The molecule has 0 aromatic heterocycles. The van der Waals surface area contributed by atoms with Crippen molar-refractivity contribution in [2.24, 2.45) is 0 Å². The van der Waals surface area contributed by atoms with Gasteiger partial charge in [-0.05, 0) is 59.7 Å². The number of methoxy groups -OCH3 is 2. The second kappa shape index (κ2) is 13.2. The number of hydrogen-bond donors (Lipinski definition) is 2. The van der Waals surface area contributed by atoms with Crippen LogP contribution in [0.5, 0.6) is 5.75 Å². The molecule has 41 heavy (non-hydrogen) atoms. The van der Waals surface area contributed by atoms with Gasteiger partial charge in [0.1, 0.15) is 5.75 Å². The zero-order chi connectivity index (χ0) is 28.6. The van der Waals surface area contributed by atoms with Crippen molar-refractivity contribution >= 4 is 39.6 Å². The molecular formula is C33H36N4O4. The third-order valence-corrected chi connectivity index (χ3v) is 7.37. The zero-order valence-electron chi connectivity index (χ0n) is 23.6. The lowest BCUT2D eigenvalue weighted by molar-refractivity contribution is 0.0947. The average molecular weight is 553 g/mol. The van der Waals surface area contributed by atoms with Crippen LogP contribution in [0.15, 0.2) is 84.9 Å². The molecule has 0 saturated carbocycles. The van der Waals surface area contributed by atoms with E-state index in [4.69, 9.17) is 9.47 Å². The lowest BCUT2D eigenvalue weighted by atomic mass is 10.1. The molecule has 8 heteroatoms. The fourth-order valence-electron chi connectivity index (χ4n) is 5.20. The zero-order valence-corrected chi connectivity index (χ0v) is 23.6. The smallest absolute Gasteiger partial charge is 0.255 e. The predicted molar refractivity (Wildman–Crippen MR) is 165 cm³/mol. The second-order valence-corrected chi connectivity index (χ2v) is 10.00. The molecule has 0 radical (unpaired) electrons. The molecule has 0 unspecified atom stereocenters. The van der Waals surface area contributed by atoms with Gasteiger partial charge in [0.15, 0.2) is 0 Å². The van der Waals surface area contributed by atoms with Gasteiger partial charge in [-0.1, -0.05) is 42.5 Å². The largest absolute Gasteiger partial charge is 0.495 e. The number of piperazine rings is 1. The van der Waals surface area contributed by atoms with Crippen LogP contribution in [-0.2, 0) is 4.74 Å². The molecule has 8 nitrogen and oxygen atoms in total. The van der Waals surface area contributed by atoms with Crippen LogP contribution in [0, 0.1) is 0 Å². The number of amides is 2. The maximum absolute atomic E-state index is 13.4. The van der Waals surface area contributed by atoms with Gasteiger partial charge in [0.05, 0.1) is 18.4 Å². The van der Waals surface area contributed by atoms with E-state index in [0.717, 1.165) is 54.1 Å². The first kappa shape index (κ1) is 28.0. The summed E-state index contributed by atoms with van der Waals surface area (Å²) in [6.07, 6.45) is 0.716. The number of para-hydroxylation sites is 2. The van der Waals surface area contributed by atoms with Gasteiger partial charge in [-0.25, -0.2) is 0 Å². The summed E-state index contributed by atoms with van der Waals surface area (Å²) in [6, 6.07) is 27.2. The molecule has 4 aromatic carbocycles. The molecule has 0 bridgehead atoms. The van der Waals surface area contributed by atoms with E-state index in [0.29, 0.717) is 36.4 Å². The minimum absolute atomic E-state index is 0.176. The van der Waals surface area contributed by atoms with Gasteiger partial charge in [-0.2, -0.15) is 0 Å². The van der Waals surface area contributed by atoms with Crippen LogP contribution in [0.25, 0.3) is 10.8 Å². The maximum atomic E-state index is 13.4. The number of benzene rings is 4.